The minimum absolute atomic E-state index is 0.0530. The molecule has 0 saturated heterocycles. The van der Waals surface area contributed by atoms with E-state index in [1.54, 1.807) is 19.1 Å². The standard InChI is InChI=1S/C14H18FNO3/c1-10-9-11(4-6-12(10)15)5-7-13(17)16-8-2-3-14(18)19/h4,6,9H,2-3,5,7-8H2,1H3,(H,16,17)(H,18,19). The van der Waals surface area contributed by atoms with E-state index in [-0.39, 0.29) is 18.1 Å². The fraction of sp³-hybridized carbons (Fsp3) is 0.429. The highest BCUT2D eigenvalue weighted by molar-refractivity contribution is 5.76. The number of benzene rings is 1. The molecule has 19 heavy (non-hydrogen) atoms. The van der Waals surface area contributed by atoms with Crippen molar-refractivity contribution in [2.24, 2.45) is 0 Å². The molecule has 1 aromatic carbocycles. The van der Waals surface area contributed by atoms with E-state index in [9.17, 15) is 14.0 Å². The van der Waals surface area contributed by atoms with Crippen molar-refractivity contribution in [1.29, 1.82) is 0 Å². The number of rotatable bonds is 7. The Labute approximate surface area is 111 Å². The minimum Gasteiger partial charge on any atom is -0.481 e. The molecule has 0 aliphatic carbocycles. The molecule has 0 radical (unpaired) electrons. The molecule has 4 nitrogen and oxygen atoms in total. The zero-order chi connectivity index (χ0) is 14.3. The van der Waals surface area contributed by atoms with Crippen molar-refractivity contribution in [3.63, 3.8) is 0 Å². The minimum atomic E-state index is -0.865. The third kappa shape index (κ3) is 5.99. The maximum Gasteiger partial charge on any atom is 0.303 e. The van der Waals surface area contributed by atoms with Crippen LogP contribution >= 0.6 is 0 Å². The van der Waals surface area contributed by atoms with Gasteiger partial charge in [-0.1, -0.05) is 12.1 Å². The number of carbonyl (C=O) groups is 2. The molecule has 1 aromatic rings. The second-order valence-electron chi connectivity index (χ2n) is 4.43. The van der Waals surface area contributed by atoms with Crippen LogP contribution in [0.25, 0.3) is 0 Å². The Morgan fingerprint density at radius 1 is 1.32 bits per heavy atom. The summed E-state index contributed by atoms with van der Waals surface area (Å²) < 4.78 is 13.0. The van der Waals surface area contributed by atoms with Gasteiger partial charge in [0.25, 0.3) is 0 Å². The van der Waals surface area contributed by atoms with Crippen molar-refractivity contribution in [3.8, 4) is 0 Å². The highest BCUT2D eigenvalue weighted by Crippen LogP contribution is 2.10. The van der Waals surface area contributed by atoms with Gasteiger partial charge in [-0.3, -0.25) is 9.59 Å². The smallest absolute Gasteiger partial charge is 0.303 e. The van der Waals surface area contributed by atoms with Gasteiger partial charge in [-0.2, -0.15) is 0 Å². The van der Waals surface area contributed by atoms with Crippen molar-refractivity contribution in [2.75, 3.05) is 6.54 Å². The first-order chi connectivity index (χ1) is 8.99. The van der Waals surface area contributed by atoms with E-state index in [0.29, 0.717) is 31.4 Å². The van der Waals surface area contributed by atoms with Crippen molar-refractivity contribution in [2.45, 2.75) is 32.6 Å². The lowest BCUT2D eigenvalue weighted by Crippen LogP contribution is -2.25. The van der Waals surface area contributed by atoms with Gasteiger partial charge < -0.3 is 10.4 Å². The van der Waals surface area contributed by atoms with E-state index in [2.05, 4.69) is 5.32 Å². The summed E-state index contributed by atoms with van der Waals surface area (Å²) in [6.07, 6.45) is 1.35. The first kappa shape index (κ1) is 15.1. The average Bonchev–Trinajstić information content (AvgIpc) is 2.36. The van der Waals surface area contributed by atoms with Crippen molar-refractivity contribution >= 4 is 11.9 Å². The van der Waals surface area contributed by atoms with E-state index in [4.69, 9.17) is 5.11 Å². The highest BCUT2D eigenvalue weighted by atomic mass is 19.1. The quantitative estimate of drug-likeness (QED) is 0.743. The number of carbonyl (C=O) groups excluding carboxylic acids is 1. The lowest BCUT2D eigenvalue weighted by atomic mass is 10.1. The fourth-order valence-corrected chi connectivity index (χ4v) is 1.68. The van der Waals surface area contributed by atoms with Crippen LogP contribution in [0.3, 0.4) is 0 Å². The molecule has 2 N–H and O–H groups in total. The van der Waals surface area contributed by atoms with Crippen LogP contribution in [0.1, 0.15) is 30.4 Å². The summed E-state index contributed by atoms with van der Waals surface area (Å²) in [6.45, 7) is 2.05. The molecule has 1 rings (SSSR count). The number of carboxylic acids is 1. The predicted molar refractivity (Wildman–Crippen MR) is 69.3 cm³/mol. The summed E-state index contributed by atoms with van der Waals surface area (Å²) in [6, 6.07) is 4.79. The lowest BCUT2D eigenvalue weighted by Gasteiger charge is -2.05. The second kappa shape index (κ2) is 7.51. The molecule has 0 aliphatic rings. The zero-order valence-corrected chi connectivity index (χ0v) is 10.9. The number of aryl methyl sites for hydroxylation is 2. The number of hydrogen-bond donors (Lipinski definition) is 2. The van der Waals surface area contributed by atoms with Crippen molar-refractivity contribution in [1.82, 2.24) is 5.32 Å². The zero-order valence-electron chi connectivity index (χ0n) is 10.9. The molecule has 1 amide bonds. The molecule has 0 fully saturated rings. The van der Waals surface area contributed by atoms with E-state index in [1.165, 1.54) is 6.07 Å². The van der Waals surface area contributed by atoms with E-state index < -0.39 is 5.97 Å². The lowest BCUT2D eigenvalue weighted by molar-refractivity contribution is -0.137. The first-order valence-electron chi connectivity index (χ1n) is 6.22. The van der Waals surface area contributed by atoms with Gasteiger partial charge in [-0.25, -0.2) is 4.39 Å². The molecular formula is C14H18FNO3. The largest absolute Gasteiger partial charge is 0.481 e. The van der Waals surface area contributed by atoms with Gasteiger partial charge in [0.05, 0.1) is 0 Å². The van der Waals surface area contributed by atoms with Crippen LogP contribution in [0.15, 0.2) is 18.2 Å². The van der Waals surface area contributed by atoms with Crippen molar-refractivity contribution in [3.05, 3.63) is 35.1 Å². The van der Waals surface area contributed by atoms with Gasteiger partial charge in [-0.05, 0) is 37.0 Å². The number of hydrogen-bond acceptors (Lipinski definition) is 2. The number of halogens is 1. The monoisotopic (exact) mass is 267 g/mol. The van der Waals surface area contributed by atoms with Gasteiger partial charge in [-0.15, -0.1) is 0 Å². The summed E-state index contributed by atoms with van der Waals surface area (Å²) >= 11 is 0. The Balaban J connectivity index is 2.26. The van der Waals surface area contributed by atoms with Gasteiger partial charge in [0.2, 0.25) is 5.91 Å². The van der Waals surface area contributed by atoms with E-state index in [0.717, 1.165) is 5.56 Å². The third-order valence-electron chi connectivity index (χ3n) is 2.75. The van der Waals surface area contributed by atoms with Crippen molar-refractivity contribution < 1.29 is 19.1 Å². The number of amides is 1. The SMILES string of the molecule is Cc1cc(CCC(=O)NCCCC(=O)O)ccc1F. The Hall–Kier alpha value is -1.91. The predicted octanol–water partition coefficient (Wildman–Crippen LogP) is 2.05. The maximum absolute atomic E-state index is 13.0. The van der Waals surface area contributed by atoms with Crippen LogP contribution < -0.4 is 5.32 Å². The maximum atomic E-state index is 13.0. The van der Waals surface area contributed by atoms with Crippen LogP contribution in [0.5, 0.6) is 0 Å². The number of nitrogens with one attached hydrogen (secondary N) is 1. The van der Waals surface area contributed by atoms with Gasteiger partial charge >= 0.3 is 5.97 Å². The first-order valence-corrected chi connectivity index (χ1v) is 6.22. The third-order valence-corrected chi connectivity index (χ3v) is 2.75. The van der Waals surface area contributed by atoms with Gasteiger partial charge in [0.15, 0.2) is 0 Å². The van der Waals surface area contributed by atoms with Gasteiger partial charge in [0.1, 0.15) is 5.82 Å². The molecule has 0 spiro atoms. The molecule has 104 valence electrons. The Bertz CT molecular complexity index is 460. The Kier molecular flexibility index (Phi) is 5.99. The molecule has 0 aromatic heterocycles. The molecule has 0 atom stereocenters. The second-order valence-corrected chi connectivity index (χ2v) is 4.43. The summed E-state index contributed by atoms with van der Waals surface area (Å²) in [7, 11) is 0. The van der Waals surface area contributed by atoms with E-state index in [1.807, 2.05) is 0 Å². The molecule has 0 aliphatic heterocycles. The summed E-state index contributed by atoms with van der Waals surface area (Å²) in [5.74, 6) is -1.23. The van der Waals surface area contributed by atoms with Gasteiger partial charge in [0, 0.05) is 19.4 Å². The van der Waals surface area contributed by atoms with Crippen LogP contribution in [0.2, 0.25) is 0 Å². The summed E-state index contributed by atoms with van der Waals surface area (Å²) in [5, 5.41) is 11.1. The molecule has 0 unspecified atom stereocenters. The van der Waals surface area contributed by atoms with Crippen LogP contribution in [-0.4, -0.2) is 23.5 Å². The summed E-state index contributed by atoms with van der Waals surface area (Å²) in [5.41, 5.74) is 1.49. The molecule has 0 bridgehead atoms. The highest BCUT2D eigenvalue weighted by Gasteiger charge is 2.04. The molecule has 0 saturated carbocycles. The van der Waals surface area contributed by atoms with Crippen LogP contribution in [-0.2, 0) is 16.0 Å². The molecular weight excluding hydrogens is 249 g/mol. The number of carboxylic acid groups (broad SMARTS) is 1. The van der Waals surface area contributed by atoms with Crippen LogP contribution in [0, 0.1) is 12.7 Å². The average molecular weight is 267 g/mol. The Morgan fingerprint density at radius 3 is 2.68 bits per heavy atom. The molecule has 5 heteroatoms. The van der Waals surface area contributed by atoms with Crippen LogP contribution in [0.4, 0.5) is 4.39 Å². The number of aliphatic carboxylic acids is 1. The Morgan fingerprint density at radius 2 is 2.05 bits per heavy atom. The molecule has 0 heterocycles. The van der Waals surface area contributed by atoms with E-state index >= 15 is 0 Å². The fourth-order valence-electron chi connectivity index (χ4n) is 1.68. The summed E-state index contributed by atoms with van der Waals surface area (Å²) in [4.78, 5) is 21.8. The topological polar surface area (TPSA) is 66.4 Å². The normalized spacial score (nSPS) is 10.2.